The lowest BCUT2D eigenvalue weighted by molar-refractivity contribution is -0.134. The molecule has 0 aliphatic carbocycles. The fraction of sp³-hybridized carbons (Fsp3) is 0.188. The van der Waals surface area contributed by atoms with E-state index < -0.39 is 17.9 Å². The lowest BCUT2D eigenvalue weighted by Gasteiger charge is -2.21. The fourth-order valence-corrected chi connectivity index (χ4v) is 2.16. The first-order valence-electron chi connectivity index (χ1n) is 7.31. The highest BCUT2D eigenvalue weighted by atomic mass is 16.5. The molecule has 1 fully saturated rings. The predicted octanol–water partition coefficient (Wildman–Crippen LogP) is 0.804. The number of hydrogen-bond donors (Lipinski definition) is 2. The van der Waals surface area contributed by atoms with Crippen LogP contribution in [0.5, 0.6) is 11.6 Å². The third-order valence-corrected chi connectivity index (χ3v) is 3.37. The maximum atomic E-state index is 12.1. The Morgan fingerprint density at radius 3 is 2.62 bits per heavy atom. The molecule has 0 spiro atoms. The lowest BCUT2D eigenvalue weighted by Crippen LogP contribution is -2.52. The minimum absolute atomic E-state index is 0.0557. The van der Waals surface area contributed by atoms with Crippen LogP contribution in [-0.2, 0) is 9.59 Å². The van der Waals surface area contributed by atoms with Crippen LogP contribution in [0.25, 0.3) is 0 Å². The molecule has 3 rings (SSSR count). The van der Waals surface area contributed by atoms with Gasteiger partial charge < -0.3 is 10.1 Å². The molecule has 1 aliphatic rings. The Kier molecular flexibility index (Phi) is 4.46. The Morgan fingerprint density at radius 2 is 1.96 bits per heavy atom. The van der Waals surface area contributed by atoms with Crippen LogP contribution in [0.1, 0.15) is 23.3 Å². The van der Waals surface area contributed by atoms with Crippen molar-refractivity contribution in [2.24, 2.45) is 0 Å². The molecule has 1 unspecified atom stereocenters. The van der Waals surface area contributed by atoms with Crippen molar-refractivity contribution in [2.45, 2.75) is 18.9 Å². The minimum Gasteiger partial charge on any atom is -0.438 e. The molecule has 0 bridgehead atoms. The summed E-state index contributed by atoms with van der Waals surface area (Å²) in [5.74, 6) is -0.543. The van der Waals surface area contributed by atoms with Gasteiger partial charge in [0, 0.05) is 6.42 Å². The molecular weight excluding hydrogens is 312 g/mol. The molecule has 3 amide bonds. The van der Waals surface area contributed by atoms with E-state index in [0.29, 0.717) is 5.75 Å². The van der Waals surface area contributed by atoms with Crippen molar-refractivity contribution in [1.82, 2.24) is 20.6 Å². The maximum absolute atomic E-state index is 12.1. The third-order valence-electron chi connectivity index (χ3n) is 3.37. The molecule has 1 aliphatic heterocycles. The van der Waals surface area contributed by atoms with Crippen molar-refractivity contribution in [2.75, 3.05) is 0 Å². The molecule has 1 aromatic carbocycles. The number of imide groups is 1. The summed E-state index contributed by atoms with van der Waals surface area (Å²) in [6.07, 6.45) is 3.04. The van der Waals surface area contributed by atoms with Gasteiger partial charge in [0.2, 0.25) is 17.7 Å². The Balaban J connectivity index is 1.61. The number of amides is 3. The summed E-state index contributed by atoms with van der Waals surface area (Å²) in [5, 5.41) is 4.70. The van der Waals surface area contributed by atoms with Gasteiger partial charge in [0.25, 0.3) is 5.91 Å². The zero-order chi connectivity index (χ0) is 16.9. The highest BCUT2D eigenvalue weighted by molar-refractivity contribution is 6.03. The lowest BCUT2D eigenvalue weighted by atomic mass is 10.1. The van der Waals surface area contributed by atoms with Crippen LogP contribution in [-0.4, -0.2) is 33.7 Å². The van der Waals surface area contributed by atoms with Gasteiger partial charge in [0.05, 0.1) is 12.4 Å². The smallest absolute Gasteiger partial charge is 0.272 e. The van der Waals surface area contributed by atoms with Gasteiger partial charge in [0.15, 0.2) is 0 Å². The number of nitrogens with one attached hydrogen (secondary N) is 2. The molecule has 24 heavy (non-hydrogen) atoms. The number of aromatic nitrogens is 2. The second-order valence-corrected chi connectivity index (χ2v) is 5.13. The first-order valence-corrected chi connectivity index (χ1v) is 7.31. The minimum atomic E-state index is -0.753. The Hall–Kier alpha value is -3.29. The molecule has 2 N–H and O–H groups in total. The quantitative estimate of drug-likeness (QED) is 0.804. The van der Waals surface area contributed by atoms with Crippen LogP contribution < -0.4 is 15.4 Å². The molecular formula is C16H14N4O4. The van der Waals surface area contributed by atoms with Crippen LogP contribution in [0.3, 0.4) is 0 Å². The van der Waals surface area contributed by atoms with E-state index in [1.54, 1.807) is 12.1 Å². The van der Waals surface area contributed by atoms with Crippen molar-refractivity contribution in [3.05, 3.63) is 48.4 Å². The van der Waals surface area contributed by atoms with Gasteiger partial charge >= 0.3 is 0 Å². The Bertz CT molecular complexity index is 761. The van der Waals surface area contributed by atoms with Gasteiger partial charge in [0.1, 0.15) is 17.5 Å². The summed E-state index contributed by atoms with van der Waals surface area (Å²) < 4.78 is 5.48. The highest BCUT2D eigenvalue weighted by Gasteiger charge is 2.28. The SMILES string of the molecule is O=C1CCC(NC(=O)c2cnc(Oc3ccccc3)cn2)C(=O)N1. The number of benzene rings is 1. The van der Waals surface area contributed by atoms with Gasteiger partial charge in [-0.25, -0.2) is 9.97 Å². The van der Waals surface area contributed by atoms with Crippen LogP contribution in [0.2, 0.25) is 0 Å². The van der Waals surface area contributed by atoms with Crippen LogP contribution in [0, 0.1) is 0 Å². The molecule has 1 saturated heterocycles. The van der Waals surface area contributed by atoms with Gasteiger partial charge in [-0.15, -0.1) is 0 Å². The average Bonchev–Trinajstić information content (AvgIpc) is 2.59. The van der Waals surface area contributed by atoms with Gasteiger partial charge in [-0.2, -0.15) is 0 Å². The Morgan fingerprint density at radius 1 is 1.17 bits per heavy atom. The summed E-state index contributed by atoms with van der Waals surface area (Å²) in [7, 11) is 0. The van der Waals surface area contributed by atoms with E-state index in [2.05, 4.69) is 20.6 Å². The molecule has 1 aromatic heterocycles. The van der Waals surface area contributed by atoms with Gasteiger partial charge in [-0.05, 0) is 18.6 Å². The zero-order valence-electron chi connectivity index (χ0n) is 12.6. The van der Waals surface area contributed by atoms with Crippen molar-refractivity contribution in [3.63, 3.8) is 0 Å². The van der Waals surface area contributed by atoms with Crippen molar-refractivity contribution < 1.29 is 19.1 Å². The highest BCUT2D eigenvalue weighted by Crippen LogP contribution is 2.17. The van der Waals surface area contributed by atoms with Crippen molar-refractivity contribution >= 4 is 17.7 Å². The average molecular weight is 326 g/mol. The second kappa shape index (κ2) is 6.86. The number of carbonyl (C=O) groups is 3. The topological polar surface area (TPSA) is 110 Å². The number of nitrogens with zero attached hydrogens (tertiary/aromatic N) is 2. The number of hydrogen-bond acceptors (Lipinski definition) is 6. The predicted molar refractivity (Wildman–Crippen MR) is 82.2 cm³/mol. The van der Waals surface area contributed by atoms with E-state index in [0.717, 1.165) is 0 Å². The second-order valence-electron chi connectivity index (χ2n) is 5.13. The molecule has 8 heteroatoms. The largest absolute Gasteiger partial charge is 0.438 e. The first kappa shape index (κ1) is 15.6. The van der Waals surface area contributed by atoms with Crippen LogP contribution in [0.4, 0.5) is 0 Å². The fourth-order valence-electron chi connectivity index (χ4n) is 2.16. The number of piperidine rings is 1. The zero-order valence-corrected chi connectivity index (χ0v) is 12.6. The Labute approximate surface area is 137 Å². The molecule has 0 radical (unpaired) electrons. The van der Waals surface area contributed by atoms with E-state index >= 15 is 0 Å². The molecule has 2 heterocycles. The third kappa shape index (κ3) is 3.72. The molecule has 8 nitrogen and oxygen atoms in total. The van der Waals surface area contributed by atoms with E-state index in [1.807, 2.05) is 18.2 Å². The van der Waals surface area contributed by atoms with E-state index in [1.165, 1.54) is 12.4 Å². The van der Waals surface area contributed by atoms with Crippen molar-refractivity contribution in [1.29, 1.82) is 0 Å². The summed E-state index contributed by atoms with van der Waals surface area (Å²) in [4.78, 5) is 42.8. The number of rotatable bonds is 4. The van der Waals surface area contributed by atoms with Gasteiger partial charge in [-0.1, -0.05) is 18.2 Å². The van der Waals surface area contributed by atoms with Crippen molar-refractivity contribution in [3.8, 4) is 11.6 Å². The molecule has 122 valence electrons. The van der Waals surface area contributed by atoms with E-state index in [-0.39, 0.29) is 30.3 Å². The number of para-hydroxylation sites is 1. The number of ether oxygens (including phenoxy) is 1. The monoisotopic (exact) mass is 326 g/mol. The first-order chi connectivity index (χ1) is 11.6. The molecule has 1 atom stereocenters. The molecule has 2 aromatic rings. The van der Waals surface area contributed by atoms with E-state index in [9.17, 15) is 14.4 Å². The number of carbonyl (C=O) groups excluding carboxylic acids is 3. The summed E-state index contributed by atoms with van der Waals surface area (Å²) in [5.41, 5.74) is 0.0557. The summed E-state index contributed by atoms with van der Waals surface area (Å²) in [6, 6.07) is 8.30. The standard InChI is InChI=1S/C16H14N4O4/c21-13-7-6-11(15(22)20-13)19-16(23)12-8-18-14(9-17-12)24-10-4-2-1-3-5-10/h1-5,8-9,11H,6-7H2,(H,19,23)(H,20,21,22). The maximum Gasteiger partial charge on any atom is 0.272 e. The normalized spacial score (nSPS) is 17.1. The van der Waals surface area contributed by atoms with E-state index in [4.69, 9.17) is 4.74 Å². The summed E-state index contributed by atoms with van der Waals surface area (Å²) >= 11 is 0. The molecule has 0 saturated carbocycles. The van der Waals surface area contributed by atoms with Gasteiger partial charge in [-0.3, -0.25) is 19.7 Å². The van der Waals surface area contributed by atoms with Crippen LogP contribution in [0.15, 0.2) is 42.7 Å². The van der Waals surface area contributed by atoms with Crippen LogP contribution >= 0.6 is 0 Å². The summed E-state index contributed by atoms with van der Waals surface area (Å²) in [6.45, 7) is 0.